The predicted octanol–water partition coefficient (Wildman–Crippen LogP) is 4.10. The fourth-order valence-electron chi connectivity index (χ4n) is 1.14. The highest BCUT2D eigenvalue weighted by Gasteiger charge is 2.31. The Hall–Kier alpha value is -1.14. The molecule has 0 saturated carbocycles. The summed E-state index contributed by atoms with van der Waals surface area (Å²) in [5, 5.41) is 0.0512. The summed E-state index contributed by atoms with van der Waals surface area (Å²) in [5.74, 6) is 2.12. The molecule has 0 nitrogen and oxygen atoms in total. The number of terminal acetylenes is 1. The lowest BCUT2D eigenvalue weighted by molar-refractivity contribution is -0.137. The van der Waals surface area contributed by atoms with E-state index < -0.39 is 11.7 Å². The standard InChI is InChI=1S/C11H8ClF3/c1-3-7(2)9-5-4-8(6-10(9)12)11(13,14)15/h1,4-7H,2H3. The van der Waals surface area contributed by atoms with Crippen molar-refractivity contribution in [2.75, 3.05) is 0 Å². The maximum atomic E-state index is 12.3. The van der Waals surface area contributed by atoms with Gasteiger partial charge in [0.2, 0.25) is 0 Å². The first-order valence-corrected chi connectivity index (χ1v) is 4.57. The Morgan fingerprint density at radius 3 is 2.40 bits per heavy atom. The SMILES string of the molecule is C#CC(C)c1ccc(C(F)(F)F)cc1Cl. The van der Waals surface area contributed by atoms with Crippen LogP contribution in [0.3, 0.4) is 0 Å². The molecule has 1 aromatic carbocycles. The summed E-state index contributed by atoms with van der Waals surface area (Å²) in [6, 6.07) is 3.19. The average Bonchev–Trinajstić information content (AvgIpc) is 2.15. The molecule has 4 heteroatoms. The molecular weight excluding hydrogens is 225 g/mol. The first-order valence-electron chi connectivity index (χ1n) is 4.19. The first kappa shape index (κ1) is 11.9. The highest BCUT2D eigenvalue weighted by atomic mass is 35.5. The summed E-state index contributed by atoms with van der Waals surface area (Å²) in [4.78, 5) is 0. The van der Waals surface area contributed by atoms with Crippen LogP contribution in [0.4, 0.5) is 13.2 Å². The van der Waals surface area contributed by atoms with Crippen LogP contribution in [0.25, 0.3) is 0 Å². The molecule has 0 saturated heterocycles. The molecule has 1 rings (SSSR count). The first-order chi connectivity index (χ1) is 6.86. The number of hydrogen-bond donors (Lipinski definition) is 0. The van der Waals surface area contributed by atoms with Gasteiger partial charge in [-0.05, 0) is 24.6 Å². The van der Waals surface area contributed by atoms with Crippen LogP contribution in [-0.2, 0) is 6.18 Å². The molecule has 0 radical (unpaired) electrons. The molecule has 1 unspecified atom stereocenters. The Labute approximate surface area is 91.1 Å². The van der Waals surface area contributed by atoms with Crippen molar-refractivity contribution < 1.29 is 13.2 Å². The molecule has 15 heavy (non-hydrogen) atoms. The Bertz CT molecular complexity index is 401. The fourth-order valence-corrected chi connectivity index (χ4v) is 1.49. The van der Waals surface area contributed by atoms with E-state index in [1.807, 2.05) is 0 Å². The zero-order chi connectivity index (χ0) is 11.6. The summed E-state index contributed by atoms with van der Waals surface area (Å²) in [7, 11) is 0. The predicted molar refractivity (Wildman–Crippen MR) is 53.7 cm³/mol. The van der Waals surface area contributed by atoms with Gasteiger partial charge < -0.3 is 0 Å². The van der Waals surface area contributed by atoms with E-state index in [-0.39, 0.29) is 10.9 Å². The van der Waals surface area contributed by atoms with Gasteiger partial charge in [0.15, 0.2) is 0 Å². The largest absolute Gasteiger partial charge is 0.416 e. The minimum absolute atomic E-state index is 0.0512. The molecule has 0 aliphatic rings. The number of rotatable bonds is 1. The number of alkyl halides is 3. The molecule has 0 aromatic heterocycles. The van der Waals surface area contributed by atoms with Gasteiger partial charge >= 0.3 is 6.18 Å². The van der Waals surface area contributed by atoms with Crippen LogP contribution in [0.15, 0.2) is 18.2 Å². The van der Waals surface area contributed by atoms with Crippen molar-refractivity contribution >= 4 is 11.6 Å². The Morgan fingerprint density at radius 1 is 1.40 bits per heavy atom. The van der Waals surface area contributed by atoms with Gasteiger partial charge in [-0.15, -0.1) is 6.42 Å². The van der Waals surface area contributed by atoms with Gasteiger partial charge in [-0.25, -0.2) is 0 Å². The highest BCUT2D eigenvalue weighted by molar-refractivity contribution is 6.31. The van der Waals surface area contributed by atoms with Crippen LogP contribution < -0.4 is 0 Å². The fraction of sp³-hybridized carbons (Fsp3) is 0.273. The third-order valence-electron chi connectivity index (χ3n) is 2.04. The van der Waals surface area contributed by atoms with Crippen molar-refractivity contribution in [3.63, 3.8) is 0 Å². The second-order valence-corrected chi connectivity index (χ2v) is 3.53. The Morgan fingerprint density at radius 2 is 2.00 bits per heavy atom. The summed E-state index contributed by atoms with van der Waals surface area (Å²) in [6.07, 6.45) is 0.792. The quantitative estimate of drug-likeness (QED) is 0.640. The number of hydrogen-bond acceptors (Lipinski definition) is 0. The topological polar surface area (TPSA) is 0 Å². The van der Waals surface area contributed by atoms with E-state index in [9.17, 15) is 13.2 Å². The monoisotopic (exact) mass is 232 g/mol. The van der Waals surface area contributed by atoms with Gasteiger partial charge in [-0.1, -0.05) is 23.6 Å². The van der Waals surface area contributed by atoms with Crippen molar-refractivity contribution in [1.82, 2.24) is 0 Å². The van der Waals surface area contributed by atoms with E-state index in [4.69, 9.17) is 18.0 Å². The molecule has 0 N–H and O–H groups in total. The van der Waals surface area contributed by atoms with Crippen LogP contribution in [0.5, 0.6) is 0 Å². The Balaban J connectivity index is 3.16. The zero-order valence-corrected chi connectivity index (χ0v) is 8.65. The van der Waals surface area contributed by atoms with Crippen LogP contribution in [0.1, 0.15) is 24.0 Å². The van der Waals surface area contributed by atoms with Crippen molar-refractivity contribution in [2.45, 2.75) is 19.0 Å². The third-order valence-corrected chi connectivity index (χ3v) is 2.37. The van der Waals surface area contributed by atoms with E-state index in [1.165, 1.54) is 6.07 Å². The molecule has 0 bridgehead atoms. The molecule has 0 amide bonds. The molecule has 0 aliphatic carbocycles. The van der Waals surface area contributed by atoms with Crippen molar-refractivity contribution in [1.29, 1.82) is 0 Å². The second-order valence-electron chi connectivity index (χ2n) is 3.12. The van der Waals surface area contributed by atoms with E-state index in [0.717, 1.165) is 12.1 Å². The maximum absolute atomic E-state index is 12.3. The minimum atomic E-state index is -4.37. The van der Waals surface area contributed by atoms with Gasteiger partial charge in [0.1, 0.15) is 0 Å². The van der Waals surface area contributed by atoms with Gasteiger partial charge in [-0.2, -0.15) is 13.2 Å². The number of halogens is 4. The van der Waals surface area contributed by atoms with E-state index >= 15 is 0 Å². The summed E-state index contributed by atoms with van der Waals surface area (Å²) >= 11 is 5.71. The molecule has 1 atom stereocenters. The third kappa shape index (κ3) is 2.66. The van der Waals surface area contributed by atoms with E-state index in [1.54, 1.807) is 6.92 Å². The molecule has 0 fully saturated rings. The lowest BCUT2D eigenvalue weighted by Gasteiger charge is -2.11. The molecule has 0 heterocycles. The van der Waals surface area contributed by atoms with Crippen molar-refractivity contribution in [3.8, 4) is 12.3 Å². The lowest BCUT2D eigenvalue weighted by atomic mass is 10.0. The summed E-state index contributed by atoms with van der Waals surface area (Å²) in [5.41, 5.74) is -0.229. The van der Waals surface area contributed by atoms with Crippen molar-refractivity contribution in [3.05, 3.63) is 34.3 Å². The molecule has 0 spiro atoms. The van der Waals surface area contributed by atoms with Gasteiger partial charge in [0, 0.05) is 10.9 Å². The molecule has 1 aromatic rings. The zero-order valence-electron chi connectivity index (χ0n) is 7.90. The van der Waals surface area contributed by atoms with Crippen molar-refractivity contribution in [2.24, 2.45) is 0 Å². The lowest BCUT2D eigenvalue weighted by Crippen LogP contribution is -2.05. The normalized spacial score (nSPS) is 13.3. The molecule has 0 aliphatic heterocycles. The smallest absolute Gasteiger partial charge is 0.166 e. The van der Waals surface area contributed by atoms with Gasteiger partial charge in [0.05, 0.1) is 5.56 Å². The molecular formula is C11H8ClF3. The average molecular weight is 233 g/mol. The van der Waals surface area contributed by atoms with E-state index in [2.05, 4.69) is 5.92 Å². The van der Waals surface area contributed by atoms with Crippen LogP contribution >= 0.6 is 11.6 Å². The maximum Gasteiger partial charge on any atom is 0.416 e. The van der Waals surface area contributed by atoms with Gasteiger partial charge in [0.25, 0.3) is 0 Å². The van der Waals surface area contributed by atoms with Gasteiger partial charge in [-0.3, -0.25) is 0 Å². The highest BCUT2D eigenvalue weighted by Crippen LogP contribution is 2.33. The van der Waals surface area contributed by atoms with Crippen LogP contribution in [-0.4, -0.2) is 0 Å². The van der Waals surface area contributed by atoms with Crippen LogP contribution in [0, 0.1) is 12.3 Å². The van der Waals surface area contributed by atoms with Crippen LogP contribution in [0.2, 0.25) is 5.02 Å². The summed E-state index contributed by atoms with van der Waals surface area (Å²) in [6.45, 7) is 1.70. The second kappa shape index (κ2) is 4.16. The summed E-state index contributed by atoms with van der Waals surface area (Å²) < 4.78 is 36.9. The minimum Gasteiger partial charge on any atom is -0.166 e. The number of benzene rings is 1. The Kier molecular flexibility index (Phi) is 3.31. The molecule has 80 valence electrons. The van der Waals surface area contributed by atoms with E-state index in [0.29, 0.717) is 5.56 Å².